The number of hydrogen-bond acceptors (Lipinski definition) is 3. The lowest BCUT2D eigenvalue weighted by atomic mass is 9.98. The van der Waals surface area contributed by atoms with Crippen LogP contribution < -0.4 is 9.47 Å². The summed E-state index contributed by atoms with van der Waals surface area (Å²) in [6.45, 7) is 7.38. The zero-order valence-electron chi connectivity index (χ0n) is 13.6. The van der Waals surface area contributed by atoms with Crippen molar-refractivity contribution in [2.45, 2.75) is 26.7 Å². The molecule has 0 saturated carbocycles. The molecule has 0 spiro atoms. The van der Waals surface area contributed by atoms with Gasteiger partial charge in [-0.25, -0.2) is 0 Å². The molecule has 0 aliphatic carbocycles. The van der Waals surface area contributed by atoms with Crippen molar-refractivity contribution in [3.05, 3.63) is 57.6 Å². The van der Waals surface area contributed by atoms with Crippen molar-refractivity contribution in [2.24, 2.45) is 0 Å². The van der Waals surface area contributed by atoms with E-state index in [2.05, 4.69) is 54.9 Å². The van der Waals surface area contributed by atoms with Crippen molar-refractivity contribution in [2.75, 3.05) is 13.2 Å². The van der Waals surface area contributed by atoms with Crippen molar-refractivity contribution < 1.29 is 9.47 Å². The predicted octanol–water partition coefficient (Wildman–Crippen LogP) is 5.21. The Morgan fingerprint density at radius 3 is 2.43 bits per heavy atom. The van der Waals surface area contributed by atoms with E-state index in [1.165, 1.54) is 11.1 Å². The molecule has 0 radical (unpaired) electrons. The number of aryl methyl sites for hydroxylation is 1. The van der Waals surface area contributed by atoms with Crippen LogP contribution in [0.3, 0.4) is 0 Å². The highest BCUT2D eigenvalue weighted by Gasteiger charge is 2.05. The first-order valence-electron chi connectivity index (χ1n) is 7.57. The molecule has 0 unspecified atom stereocenters. The van der Waals surface area contributed by atoms with Gasteiger partial charge in [0.2, 0.25) is 0 Å². The van der Waals surface area contributed by atoms with E-state index < -0.39 is 0 Å². The molecule has 2 aromatic rings. The van der Waals surface area contributed by atoms with Crippen LogP contribution in [0.2, 0.25) is 0 Å². The first-order chi connectivity index (χ1) is 11.0. The van der Waals surface area contributed by atoms with E-state index in [4.69, 9.17) is 14.7 Å². The van der Waals surface area contributed by atoms with Gasteiger partial charge in [0.15, 0.2) is 0 Å². The molecule has 2 rings (SSSR count). The van der Waals surface area contributed by atoms with Crippen LogP contribution in [0.1, 0.15) is 36.5 Å². The molecule has 0 saturated heterocycles. The highest BCUT2D eigenvalue weighted by molar-refractivity contribution is 9.10. The summed E-state index contributed by atoms with van der Waals surface area (Å²) in [7, 11) is 0. The lowest BCUT2D eigenvalue weighted by Crippen LogP contribution is -2.09. The minimum atomic E-state index is 0.440. The summed E-state index contributed by atoms with van der Waals surface area (Å²) in [5.41, 5.74) is 3.18. The molecule has 0 heterocycles. The van der Waals surface area contributed by atoms with Gasteiger partial charge in [-0.3, -0.25) is 0 Å². The van der Waals surface area contributed by atoms with Crippen molar-refractivity contribution in [1.82, 2.24) is 0 Å². The number of ether oxygens (including phenoxy) is 2. The lowest BCUT2D eigenvalue weighted by molar-refractivity contribution is 0.216. The monoisotopic (exact) mass is 373 g/mol. The molecular formula is C19H20BrNO2. The van der Waals surface area contributed by atoms with E-state index in [0.717, 1.165) is 10.2 Å². The molecule has 2 aromatic carbocycles. The summed E-state index contributed by atoms with van der Waals surface area (Å²) in [4.78, 5) is 0. The van der Waals surface area contributed by atoms with Crippen LogP contribution in [-0.4, -0.2) is 13.2 Å². The van der Waals surface area contributed by atoms with E-state index in [-0.39, 0.29) is 0 Å². The quantitative estimate of drug-likeness (QED) is 0.652. The molecule has 0 amide bonds. The largest absolute Gasteiger partial charge is 0.490 e. The zero-order valence-corrected chi connectivity index (χ0v) is 15.2. The number of rotatable bonds is 6. The zero-order chi connectivity index (χ0) is 16.8. The maximum atomic E-state index is 8.84. The molecule has 0 aromatic heterocycles. The number of nitriles is 1. The summed E-state index contributed by atoms with van der Waals surface area (Å²) >= 11 is 3.40. The fraction of sp³-hybridized carbons (Fsp3) is 0.316. The van der Waals surface area contributed by atoms with Crippen LogP contribution in [0.15, 0.2) is 40.9 Å². The summed E-state index contributed by atoms with van der Waals surface area (Å²) in [5, 5.41) is 8.84. The highest BCUT2D eigenvalue weighted by atomic mass is 79.9. The second kappa shape index (κ2) is 8.03. The van der Waals surface area contributed by atoms with E-state index in [1.807, 2.05) is 6.07 Å². The van der Waals surface area contributed by atoms with E-state index >= 15 is 0 Å². The van der Waals surface area contributed by atoms with Crippen LogP contribution >= 0.6 is 15.9 Å². The van der Waals surface area contributed by atoms with Gasteiger partial charge in [0.1, 0.15) is 24.7 Å². The Morgan fingerprint density at radius 1 is 1.09 bits per heavy atom. The van der Waals surface area contributed by atoms with Gasteiger partial charge in [0.25, 0.3) is 0 Å². The van der Waals surface area contributed by atoms with Crippen molar-refractivity contribution in [3.63, 3.8) is 0 Å². The third kappa shape index (κ3) is 4.74. The third-order valence-electron chi connectivity index (χ3n) is 3.53. The van der Waals surface area contributed by atoms with Crippen LogP contribution in [0, 0.1) is 18.3 Å². The molecular weight excluding hydrogens is 354 g/mol. The number of benzene rings is 2. The molecule has 3 nitrogen and oxygen atoms in total. The molecule has 0 N–H and O–H groups in total. The molecule has 0 aliphatic heterocycles. The number of hydrogen-bond donors (Lipinski definition) is 0. The fourth-order valence-corrected chi connectivity index (χ4v) is 2.88. The molecule has 23 heavy (non-hydrogen) atoms. The van der Waals surface area contributed by atoms with Crippen LogP contribution in [0.4, 0.5) is 0 Å². The Morgan fingerprint density at radius 2 is 1.83 bits per heavy atom. The minimum absolute atomic E-state index is 0.440. The topological polar surface area (TPSA) is 42.2 Å². The van der Waals surface area contributed by atoms with Gasteiger partial charge >= 0.3 is 0 Å². The van der Waals surface area contributed by atoms with Crippen LogP contribution in [-0.2, 0) is 0 Å². The fourth-order valence-electron chi connectivity index (χ4n) is 2.38. The summed E-state index contributed by atoms with van der Waals surface area (Å²) in [5.74, 6) is 2.08. The molecule has 0 fully saturated rings. The SMILES string of the molecule is Cc1cc(OCCOc2ccc(C#N)cc2Br)ccc1C(C)C. The Kier molecular flexibility index (Phi) is 6.06. The minimum Gasteiger partial charge on any atom is -0.490 e. The molecule has 0 bridgehead atoms. The predicted molar refractivity (Wildman–Crippen MR) is 95.1 cm³/mol. The Hall–Kier alpha value is -1.99. The molecule has 0 aliphatic rings. The normalized spacial score (nSPS) is 10.4. The van der Waals surface area contributed by atoms with Gasteiger partial charge in [0.05, 0.1) is 16.1 Å². The Bertz CT molecular complexity index is 720. The smallest absolute Gasteiger partial charge is 0.133 e. The number of nitrogens with zero attached hydrogens (tertiary/aromatic N) is 1. The highest BCUT2D eigenvalue weighted by Crippen LogP contribution is 2.26. The van der Waals surface area contributed by atoms with Gasteiger partial charge in [-0.05, 0) is 70.2 Å². The van der Waals surface area contributed by atoms with Gasteiger partial charge < -0.3 is 9.47 Å². The van der Waals surface area contributed by atoms with Crippen molar-refractivity contribution in [1.29, 1.82) is 5.26 Å². The summed E-state index contributed by atoms with van der Waals surface area (Å²) in [6.07, 6.45) is 0. The Balaban J connectivity index is 1.86. The Labute approximate surface area is 146 Å². The molecule has 4 heteroatoms. The maximum Gasteiger partial charge on any atom is 0.133 e. The van der Waals surface area contributed by atoms with Crippen LogP contribution in [0.25, 0.3) is 0 Å². The van der Waals surface area contributed by atoms with E-state index in [9.17, 15) is 0 Å². The van der Waals surface area contributed by atoms with E-state index in [1.54, 1.807) is 18.2 Å². The van der Waals surface area contributed by atoms with Crippen molar-refractivity contribution >= 4 is 15.9 Å². The van der Waals surface area contributed by atoms with Crippen molar-refractivity contribution in [3.8, 4) is 17.6 Å². The first-order valence-corrected chi connectivity index (χ1v) is 8.36. The molecule has 120 valence electrons. The summed E-state index contributed by atoms with van der Waals surface area (Å²) < 4.78 is 12.2. The van der Waals surface area contributed by atoms with Gasteiger partial charge in [-0.1, -0.05) is 19.9 Å². The maximum absolute atomic E-state index is 8.84. The standard InChI is InChI=1S/C19H20BrNO2/c1-13(2)17-6-5-16(10-14(17)3)22-8-9-23-19-7-4-15(12-21)11-18(19)20/h4-7,10-11,13H,8-9H2,1-3H3. The molecule has 0 atom stereocenters. The summed E-state index contributed by atoms with van der Waals surface area (Å²) in [6, 6.07) is 13.5. The average Bonchev–Trinajstić information content (AvgIpc) is 2.52. The van der Waals surface area contributed by atoms with Gasteiger partial charge in [-0.15, -0.1) is 0 Å². The van der Waals surface area contributed by atoms with Crippen LogP contribution in [0.5, 0.6) is 11.5 Å². The second-order valence-corrected chi connectivity index (χ2v) is 6.48. The first kappa shape index (κ1) is 17.4. The van der Waals surface area contributed by atoms with Gasteiger partial charge in [-0.2, -0.15) is 5.26 Å². The lowest BCUT2D eigenvalue weighted by Gasteiger charge is -2.13. The third-order valence-corrected chi connectivity index (χ3v) is 4.15. The second-order valence-electron chi connectivity index (χ2n) is 5.63. The number of halogens is 1. The van der Waals surface area contributed by atoms with Gasteiger partial charge in [0, 0.05) is 0 Å². The average molecular weight is 374 g/mol. The van der Waals surface area contributed by atoms with E-state index in [0.29, 0.717) is 30.4 Å².